The van der Waals surface area contributed by atoms with Crippen molar-refractivity contribution in [3.63, 3.8) is 0 Å². The molecule has 0 bridgehead atoms. The Morgan fingerprint density at radius 2 is 1.85 bits per heavy atom. The van der Waals surface area contributed by atoms with Gasteiger partial charge in [-0.3, -0.25) is 14.5 Å². The molecule has 1 atom stereocenters. The number of halogens is 1. The third kappa shape index (κ3) is 5.22. The Morgan fingerprint density at radius 1 is 1.05 bits per heavy atom. The van der Waals surface area contributed by atoms with E-state index in [1.54, 1.807) is 42.5 Å². The van der Waals surface area contributed by atoms with E-state index in [-0.39, 0.29) is 16.5 Å². The number of ketones is 1. The summed E-state index contributed by atoms with van der Waals surface area (Å²) in [4.78, 5) is 32.7. The lowest BCUT2D eigenvalue weighted by Crippen LogP contribution is -2.29. The molecule has 5 rings (SSSR count). The van der Waals surface area contributed by atoms with Gasteiger partial charge >= 0.3 is 5.91 Å². The van der Waals surface area contributed by atoms with Crippen LogP contribution in [0.25, 0.3) is 16.0 Å². The van der Waals surface area contributed by atoms with Crippen LogP contribution in [0, 0.1) is 5.82 Å². The molecular formula is C30H27FN2O5S. The number of rotatable bonds is 9. The SMILES string of the molecule is CCCCCOc1cccc(C2C(=C(O)c3ccc(OC)cc3)C(=O)C(=O)N2c2nc3ccc(F)cc3s2)c1. The number of hydrogen-bond donors (Lipinski definition) is 1. The van der Waals surface area contributed by atoms with Crippen LogP contribution in [0.5, 0.6) is 11.5 Å². The zero-order valence-electron chi connectivity index (χ0n) is 21.5. The molecule has 7 nitrogen and oxygen atoms in total. The molecule has 200 valence electrons. The van der Waals surface area contributed by atoms with E-state index in [2.05, 4.69) is 11.9 Å². The number of thiazole rings is 1. The van der Waals surface area contributed by atoms with E-state index < -0.39 is 23.5 Å². The fourth-order valence-electron chi connectivity index (χ4n) is 4.56. The van der Waals surface area contributed by atoms with Crippen molar-refractivity contribution in [2.45, 2.75) is 32.2 Å². The minimum Gasteiger partial charge on any atom is -0.507 e. The smallest absolute Gasteiger partial charge is 0.301 e. The Kier molecular flexibility index (Phi) is 7.60. The largest absolute Gasteiger partial charge is 0.507 e. The van der Waals surface area contributed by atoms with Gasteiger partial charge in [0.1, 0.15) is 23.1 Å². The van der Waals surface area contributed by atoms with E-state index in [4.69, 9.17) is 9.47 Å². The fourth-order valence-corrected chi connectivity index (χ4v) is 5.57. The second kappa shape index (κ2) is 11.2. The van der Waals surface area contributed by atoms with Gasteiger partial charge in [-0.2, -0.15) is 0 Å². The number of anilines is 1. The summed E-state index contributed by atoms with van der Waals surface area (Å²) in [6, 6.07) is 16.9. The van der Waals surface area contributed by atoms with Gasteiger partial charge in [0.05, 0.1) is 35.5 Å². The van der Waals surface area contributed by atoms with Gasteiger partial charge in [0, 0.05) is 5.56 Å². The number of benzene rings is 3. The van der Waals surface area contributed by atoms with E-state index in [0.717, 1.165) is 30.6 Å². The first-order valence-corrected chi connectivity index (χ1v) is 13.5. The van der Waals surface area contributed by atoms with Crippen molar-refractivity contribution in [3.8, 4) is 11.5 Å². The first kappa shape index (κ1) is 26.4. The second-order valence-electron chi connectivity index (χ2n) is 9.13. The van der Waals surface area contributed by atoms with Crippen molar-refractivity contribution in [2.24, 2.45) is 0 Å². The van der Waals surface area contributed by atoms with Crippen LogP contribution in [0.1, 0.15) is 43.4 Å². The minimum atomic E-state index is -0.975. The average Bonchev–Trinajstić information content (AvgIpc) is 3.48. The quantitative estimate of drug-likeness (QED) is 0.110. The minimum absolute atomic E-state index is 0.0706. The summed E-state index contributed by atoms with van der Waals surface area (Å²) in [7, 11) is 1.53. The number of Topliss-reactive ketones (excluding diaryl/α,β-unsaturated/α-hetero) is 1. The molecule has 1 aliphatic rings. The van der Waals surface area contributed by atoms with Crippen molar-refractivity contribution in [1.82, 2.24) is 4.98 Å². The summed E-state index contributed by atoms with van der Waals surface area (Å²) in [6.45, 7) is 2.65. The number of hydrogen-bond acceptors (Lipinski definition) is 7. The van der Waals surface area contributed by atoms with Gasteiger partial charge in [-0.05, 0) is 66.6 Å². The van der Waals surface area contributed by atoms with Crippen molar-refractivity contribution in [2.75, 3.05) is 18.6 Å². The Labute approximate surface area is 229 Å². The molecule has 1 amide bonds. The van der Waals surface area contributed by atoms with Crippen LogP contribution in [0.15, 0.2) is 72.3 Å². The van der Waals surface area contributed by atoms with E-state index in [0.29, 0.717) is 39.4 Å². The lowest BCUT2D eigenvalue weighted by molar-refractivity contribution is -0.132. The number of unbranched alkanes of at least 4 members (excludes halogenated alkanes) is 2. The number of amides is 1. The van der Waals surface area contributed by atoms with Crippen LogP contribution >= 0.6 is 11.3 Å². The van der Waals surface area contributed by atoms with Gasteiger partial charge in [0.15, 0.2) is 5.13 Å². The van der Waals surface area contributed by atoms with E-state index >= 15 is 0 Å². The maximum absolute atomic E-state index is 13.9. The Bertz CT molecular complexity index is 1560. The van der Waals surface area contributed by atoms with Crippen molar-refractivity contribution >= 4 is 44.1 Å². The van der Waals surface area contributed by atoms with Gasteiger partial charge in [0.25, 0.3) is 5.78 Å². The summed E-state index contributed by atoms with van der Waals surface area (Å²) in [5, 5.41) is 11.6. The topological polar surface area (TPSA) is 89.0 Å². The Balaban J connectivity index is 1.63. The zero-order valence-corrected chi connectivity index (χ0v) is 22.3. The second-order valence-corrected chi connectivity index (χ2v) is 10.1. The highest BCUT2D eigenvalue weighted by atomic mass is 32.1. The number of fused-ring (bicyclic) bond motifs is 1. The van der Waals surface area contributed by atoms with Gasteiger partial charge < -0.3 is 14.6 Å². The molecule has 9 heteroatoms. The van der Waals surface area contributed by atoms with Crippen LogP contribution in [0.2, 0.25) is 0 Å². The highest BCUT2D eigenvalue weighted by Crippen LogP contribution is 2.45. The van der Waals surface area contributed by atoms with Gasteiger partial charge in [-0.25, -0.2) is 9.37 Å². The number of aromatic nitrogens is 1. The Morgan fingerprint density at radius 3 is 2.59 bits per heavy atom. The number of ether oxygens (including phenoxy) is 2. The molecule has 1 unspecified atom stereocenters. The molecule has 0 spiro atoms. The molecule has 39 heavy (non-hydrogen) atoms. The zero-order chi connectivity index (χ0) is 27.5. The lowest BCUT2D eigenvalue weighted by atomic mass is 9.95. The summed E-state index contributed by atoms with van der Waals surface area (Å²) in [5.41, 5.74) is 1.36. The maximum atomic E-state index is 13.9. The highest BCUT2D eigenvalue weighted by Gasteiger charge is 2.48. The summed E-state index contributed by atoms with van der Waals surface area (Å²) in [6.07, 6.45) is 3.01. The van der Waals surface area contributed by atoms with Crippen LogP contribution in [-0.4, -0.2) is 35.5 Å². The standard InChI is InChI=1S/C30H27FN2O5S/c1-3-4-5-15-38-22-8-6-7-19(16-22)26-25(27(34)18-9-12-21(37-2)13-10-18)28(35)29(36)33(26)30-32-23-14-11-20(31)17-24(23)39-30/h6-14,16-17,26,34H,3-5,15H2,1-2H3. The number of aliphatic hydroxyl groups excluding tert-OH is 1. The van der Waals surface area contributed by atoms with Gasteiger partial charge in [0.2, 0.25) is 0 Å². The molecule has 1 fully saturated rings. The van der Waals surface area contributed by atoms with Gasteiger partial charge in [-0.1, -0.05) is 43.2 Å². The molecule has 4 aromatic rings. The van der Waals surface area contributed by atoms with Crippen LogP contribution in [0.3, 0.4) is 0 Å². The van der Waals surface area contributed by atoms with Crippen molar-refractivity contribution in [3.05, 3.63) is 89.2 Å². The first-order valence-electron chi connectivity index (χ1n) is 12.7. The van der Waals surface area contributed by atoms with E-state index in [1.165, 1.54) is 30.2 Å². The van der Waals surface area contributed by atoms with E-state index in [1.807, 2.05) is 6.07 Å². The number of carbonyl (C=O) groups excluding carboxylic acids is 2. The molecular weight excluding hydrogens is 519 g/mol. The molecule has 0 saturated carbocycles. The van der Waals surface area contributed by atoms with E-state index in [9.17, 15) is 19.1 Å². The first-order chi connectivity index (χ1) is 18.9. The van der Waals surface area contributed by atoms with Crippen LogP contribution < -0.4 is 14.4 Å². The normalized spacial score (nSPS) is 16.7. The molecule has 2 heterocycles. The number of aliphatic hydroxyl groups is 1. The summed E-state index contributed by atoms with van der Waals surface area (Å²) in [5.74, 6) is -1.24. The lowest BCUT2D eigenvalue weighted by Gasteiger charge is -2.23. The Hall–Kier alpha value is -4.24. The highest BCUT2D eigenvalue weighted by molar-refractivity contribution is 7.22. The number of methoxy groups -OCH3 is 1. The molecule has 1 aromatic heterocycles. The maximum Gasteiger partial charge on any atom is 0.301 e. The monoisotopic (exact) mass is 546 g/mol. The van der Waals surface area contributed by atoms with Crippen LogP contribution in [0.4, 0.5) is 9.52 Å². The third-order valence-electron chi connectivity index (χ3n) is 6.54. The molecule has 1 N–H and O–H groups in total. The molecule has 0 radical (unpaired) electrons. The number of carbonyl (C=O) groups is 2. The predicted octanol–water partition coefficient (Wildman–Crippen LogP) is 6.64. The summed E-state index contributed by atoms with van der Waals surface area (Å²) >= 11 is 1.10. The predicted molar refractivity (Wildman–Crippen MR) is 149 cm³/mol. The number of nitrogens with zero attached hydrogens (tertiary/aromatic N) is 2. The molecule has 0 aliphatic carbocycles. The molecule has 1 aliphatic heterocycles. The van der Waals surface area contributed by atoms with Crippen molar-refractivity contribution in [1.29, 1.82) is 0 Å². The average molecular weight is 547 g/mol. The van der Waals surface area contributed by atoms with Gasteiger partial charge in [-0.15, -0.1) is 0 Å². The fraction of sp³-hybridized carbons (Fsp3) is 0.233. The summed E-state index contributed by atoms with van der Waals surface area (Å²) < 4.78 is 25.6. The molecule has 3 aromatic carbocycles. The molecule has 1 saturated heterocycles. The third-order valence-corrected chi connectivity index (χ3v) is 7.56. The van der Waals surface area contributed by atoms with Crippen LogP contribution in [-0.2, 0) is 9.59 Å². The van der Waals surface area contributed by atoms with Crippen molar-refractivity contribution < 1.29 is 28.6 Å².